The molecular formula is C21H21N3S. The predicted molar refractivity (Wildman–Crippen MR) is 107 cm³/mol. The minimum Gasteiger partial charge on any atom is -0.348 e. The number of aromatic nitrogens is 1. The second-order valence-corrected chi connectivity index (χ2v) is 6.76. The van der Waals surface area contributed by atoms with Gasteiger partial charge in [0.1, 0.15) is 0 Å². The third kappa shape index (κ3) is 3.05. The van der Waals surface area contributed by atoms with Gasteiger partial charge in [0.25, 0.3) is 0 Å². The molecular weight excluding hydrogens is 326 g/mol. The van der Waals surface area contributed by atoms with E-state index in [-0.39, 0.29) is 6.04 Å². The number of hydrogen-bond acceptors (Lipinski definition) is 1. The first kappa shape index (κ1) is 15.9. The monoisotopic (exact) mass is 347 g/mol. The van der Waals surface area contributed by atoms with Crippen molar-refractivity contribution in [3.63, 3.8) is 0 Å². The van der Waals surface area contributed by atoms with Crippen molar-refractivity contribution in [1.29, 1.82) is 0 Å². The Labute approximate surface area is 153 Å². The van der Waals surface area contributed by atoms with Crippen molar-refractivity contribution in [3.05, 3.63) is 89.7 Å². The second kappa shape index (κ2) is 6.73. The van der Waals surface area contributed by atoms with Gasteiger partial charge < -0.3 is 14.8 Å². The fourth-order valence-corrected chi connectivity index (χ4v) is 3.80. The van der Waals surface area contributed by atoms with Crippen molar-refractivity contribution in [2.45, 2.75) is 19.5 Å². The van der Waals surface area contributed by atoms with Crippen LogP contribution < -0.4 is 5.32 Å². The lowest BCUT2D eigenvalue weighted by Crippen LogP contribution is -2.44. The van der Waals surface area contributed by atoms with Gasteiger partial charge in [-0.2, -0.15) is 0 Å². The van der Waals surface area contributed by atoms with Crippen LogP contribution in [0, 0.1) is 6.92 Å². The molecule has 0 unspecified atom stereocenters. The van der Waals surface area contributed by atoms with Gasteiger partial charge in [0, 0.05) is 30.7 Å². The average molecular weight is 347 g/mol. The van der Waals surface area contributed by atoms with Crippen LogP contribution in [0.15, 0.2) is 72.9 Å². The van der Waals surface area contributed by atoms with Gasteiger partial charge in [-0.1, -0.05) is 48.5 Å². The van der Waals surface area contributed by atoms with Gasteiger partial charge in [0.05, 0.1) is 6.04 Å². The summed E-state index contributed by atoms with van der Waals surface area (Å²) in [5, 5.41) is 4.22. The summed E-state index contributed by atoms with van der Waals surface area (Å²) in [4.78, 5) is 2.30. The molecule has 0 bridgehead atoms. The average Bonchev–Trinajstić information content (AvgIpc) is 3.12. The Morgan fingerprint density at radius 3 is 2.52 bits per heavy atom. The fraction of sp³-hybridized carbons (Fsp3) is 0.190. The molecule has 1 atom stereocenters. The number of rotatable bonds is 2. The quantitative estimate of drug-likeness (QED) is 0.684. The minimum atomic E-state index is 0.133. The number of anilines is 1. The molecule has 1 N–H and O–H groups in total. The van der Waals surface area contributed by atoms with Crippen LogP contribution in [0.25, 0.3) is 0 Å². The number of fused-ring (bicyclic) bond motifs is 1. The van der Waals surface area contributed by atoms with Crippen LogP contribution in [0.3, 0.4) is 0 Å². The first-order valence-electron chi connectivity index (χ1n) is 8.57. The van der Waals surface area contributed by atoms with E-state index >= 15 is 0 Å². The Kier molecular flexibility index (Phi) is 4.28. The molecule has 0 saturated heterocycles. The van der Waals surface area contributed by atoms with Crippen LogP contribution in [0.4, 0.5) is 5.69 Å². The van der Waals surface area contributed by atoms with Gasteiger partial charge in [0.15, 0.2) is 5.11 Å². The van der Waals surface area contributed by atoms with Crippen molar-refractivity contribution >= 4 is 23.0 Å². The van der Waals surface area contributed by atoms with Crippen molar-refractivity contribution in [2.75, 3.05) is 11.9 Å². The van der Waals surface area contributed by atoms with Crippen LogP contribution >= 0.6 is 12.2 Å². The zero-order valence-electron chi connectivity index (χ0n) is 14.2. The summed E-state index contributed by atoms with van der Waals surface area (Å²) in [6.45, 7) is 3.93. The Balaban J connectivity index is 1.68. The smallest absolute Gasteiger partial charge is 0.174 e. The number of thiocarbonyl (C=S) groups is 1. The Bertz CT molecular complexity index is 885. The van der Waals surface area contributed by atoms with Gasteiger partial charge in [-0.15, -0.1) is 0 Å². The van der Waals surface area contributed by atoms with Gasteiger partial charge in [-0.3, -0.25) is 0 Å². The molecule has 0 fully saturated rings. The summed E-state index contributed by atoms with van der Waals surface area (Å²) in [6, 6.07) is 23.3. The summed E-state index contributed by atoms with van der Waals surface area (Å²) in [5.41, 5.74) is 4.81. The molecule has 2 heterocycles. The maximum Gasteiger partial charge on any atom is 0.174 e. The van der Waals surface area contributed by atoms with E-state index < -0.39 is 0 Å². The van der Waals surface area contributed by atoms with E-state index in [2.05, 4.69) is 82.5 Å². The Hall–Kier alpha value is -2.59. The Morgan fingerprint density at radius 2 is 1.72 bits per heavy atom. The minimum absolute atomic E-state index is 0.133. The van der Waals surface area contributed by atoms with Gasteiger partial charge in [-0.25, -0.2) is 0 Å². The third-order valence-corrected chi connectivity index (χ3v) is 5.14. The van der Waals surface area contributed by atoms with Crippen LogP contribution in [-0.2, 0) is 6.54 Å². The summed E-state index contributed by atoms with van der Waals surface area (Å²) in [6.07, 6.45) is 2.15. The molecule has 126 valence electrons. The molecule has 1 aromatic heterocycles. The van der Waals surface area contributed by atoms with Crippen LogP contribution in [-0.4, -0.2) is 21.1 Å². The molecule has 2 aromatic carbocycles. The lowest BCUT2D eigenvalue weighted by molar-refractivity contribution is 0.293. The van der Waals surface area contributed by atoms with Gasteiger partial charge in [-0.05, 0) is 48.5 Å². The molecule has 3 aromatic rings. The maximum atomic E-state index is 5.80. The maximum absolute atomic E-state index is 5.80. The molecule has 0 aliphatic carbocycles. The summed E-state index contributed by atoms with van der Waals surface area (Å²) in [7, 11) is 0. The highest BCUT2D eigenvalue weighted by Gasteiger charge is 2.30. The molecule has 0 radical (unpaired) electrons. The molecule has 1 aliphatic heterocycles. The SMILES string of the molecule is Cc1ccccc1NC(=S)N1CCn2cccc2[C@H]1c1ccccc1. The number of benzene rings is 2. The number of nitrogens with zero attached hydrogens (tertiary/aromatic N) is 2. The molecule has 0 amide bonds. The van der Waals surface area contributed by atoms with E-state index in [0.29, 0.717) is 0 Å². The largest absolute Gasteiger partial charge is 0.348 e. The molecule has 4 heteroatoms. The fourth-order valence-electron chi connectivity index (χ4n) is 3.49. The lowest BCUT2D eigenvalue weighted by atomic mass is 10.0. The summed E-state index contributed by atoms with van der Waals surface area (Å²) in [5.74, 6) is 0. The van der Waals surface area contributed by atoms with Gasteiger partial charge in [0.2, 0.25) is 0 Å². The van der Waals surface area contributed by atoms with E-state index in [1.807, 2.05) is 12.1 Å². The van der Waals surface area contributed by atoms with E-state index in [4.69, 9.17) is 12.2 Å². The molecule has 1 aliphatic rings. The number of para-hydroxylation sites is 1. The van der Waals surface area contributed by atoms with E-state index in [9.17, 15) is 0 Å². The zero-order valence-corrected chi connectivity index (χ0v) is 15.0. The van der Waals surface area contributed by atoms with Crippen LogP contribution in [0.1, 0.15) is 22.9 Å². The predicted octanol–water partition coefficient (Wildman–Crippen LogP) is 4.60. The van der Waals surface area contributed by atoms with E-state index in [0.717, 1.165) is 23.9 Å². The van der Waals surface area contributed by atoms with Crippen molar-refractivity contribution < 1.29 is 0 Å². The second-order valence-electron chi connectivity index (χ2n) is 6.38. The zero-order chi connectivity index (χ0) is 17.2. The van der Waals surface area contributed by atoms with Crippen LogP contribution in [0.2, 0.25) is 0 Å². The first-order valence-corrected chi connectivity index (χ1v) is 8.98. The Morgan fingerprint density at radius 1 is 0.960 bits per heavy atom. The highest BCUT2D eigenvalue weighted by atomic mass is 32.1. The van der Waals surface area contributed by atoms with Crippen molar-refractivity contribution in [3.8, 4) is 0 Å². The topological polar surface area (TPSA) is 20.2 Å². The van der Waals surface area contributed by atoms with Crippen LogP contribution in [0.5, 0.6) is 0 Å². The normalized spacial score (nSPS) is 16.4. The number of hydrogen-bond donors (Lipinski definition) is 1. The molecule has 0 spiro atoms. The molecule has 4 rings (SSSR count). The van der Waals surface area contributed by atoms with Crippen molar-refractivity contribution in [1.82, 2.24) is 9.47 Å². The third-order valence-electron chi connectivity index (χ3n) is 4.80. The summed E-state index contributed by atoms with van der Waals surface area (Å²) >= 11 is 5.80. The number of aryl methyl sites for hydroxylation is 1. The number of nitrogens with one attached hydrogen (secondary N) is 1. The molecule has 0 saturated carbocycles. The van der Waals surface area contributed by atoms with Gasteiger partial charge >= 0.3 is 0 Å². The first-order chi connectivity index (χ1) is 12.2. The van der Waals surface area contributed by atoms with E-state index in [1.54, 1.807) is 0 Å². The van der Waals surface area contributed by atoms with E-state index in [1.165, 1.54) is 16.8 Å². The summed E-state index contributed by atoms with van der Waals surface area (Å²) < 4.78 is 2.32. The lowest BCUT2D eigenvalue weighted by Gasteiger charge is -2.39. The standard InChI is InChI=1S/C21H21N3S/c1-16-8-5-6-11-18(16)22-21(25)24-15-14-23-13-7-12-19(23)20(24)17-9-3-2-4-10-17/h2-13,20H,14-15H2,1H3,(H,22,25)/t20-/m1/s1. The molecule has 3 nitrogen and oxygen atoms in total. The van der Waals surface area contributed by atoms with Crippen molar-refractivity contribution in [2.24, 2.45) is 0 Å². The highest BCUT2D eigenvalue weighted by molar-refractivity contribution is 7.80. The molecule has 25 heavy (non-hydrogen) atoms. The highest BCUT2D eigenvalue weighted by Crippen LogP contribution is 2.33.